The van der Waals surface area contributed by atoms with E-state index in [1.165, 1.54) is 17.7 Å². The lowest BCUT2D eigenvalue weighted by atomic mass is 10.1. The number of aromatic nitrogens is 3. The van der Waals surface area contributed by atoms with Gasteiger partial charge in [0.25, 0.3) is 0 Å². The zero-order valence-electron chi connectivity index (χ0n) is 16.9. The van der Waals surface area contributed by atoms with E-state index in [2.05, 4.69) is 59.5 Å². The first-order valence-corrected chi connectivity index (χ1v) is 11.0. The van der Waals surface area contributed by atoms with E-state index >= 15 is 0 Å². The number of hydrogen-bond acceptors (Lipinski definition) is 3. The predicted octanol–water partition coefficient (Wildman–Crippen LogP) is 7.08. The quantitative estimate of drug-likeness (QED) is 0.223. The Morgan fingerprint density at radius 3 is 2.23 bits per heavy atom. The van der Waals surface area contributed by atoms with Crippen LogP contribution in [0.25, 0.3) is 27.8 Å². The van der Waals surface area contributed by atoms with Crippen LogP contribution in [0.2, 0.25) is 0 Å². The monoisotopic (exact) mass is 425 g/mol. The van der Waals surface area contributed by atoms with Crippen molar-refractivity contribution in [2.24, 2.45) is 0 Å². The van der Waals surface area contributed by atoms with Crippen LogP contribution in [-0.2, 0) is 0 Å². The summed E-state index contributed by atoms with van der Waals surface area (Å²) in [6.45, 7) is 2.19. The fraction of sp³-hybridized carbons (Fsp3) is 0.0769. The zero-order valence-corrected chi connectivity index (χ0v) is 17.8. The molecule has 5 heteroatoms. The minimum absolute atomic E-state index is 0.233. The van der Waals surface area contributed by atoms with Crippen molar-refractivity contribution in [3.63, 3.8) is 0 Å². The summed E-state index contributed by atoms with van der Waals surface area (Å²) in [4.78, 5) is 9.27. The first-order chi connectivity index (χ1) is 15.2. The van der Waals surface area contributed by atoms with E-state index in [0.717, 1.165) is 32.9 Å². The third-order valence-electron chi connectivity index (χ3n) is 5.30. The number of rotatable bonds is 5. The average molecular weight is 426 g/mol. The van der Waals surface area contributed by atoms with Crippen molar-refractivity contribution in [2.75, 3.05) is 0 Å². The van der Waals surface area contributed by atoms with Crippen molar-refractivity contribution in [1.82, 2.24) is 14.5 Å². The molecule has 0 aliphatic heterocycles. The van der Waals surface area contributed by atoms with E-state index in [4.69, 9.17) is 0 Å². The molecule has 152 valence electrons. The first kappa shape index (κ1) is 19.5. The Morgan fingerprint density at radius 1 is 0.839 bits per heavy atom. The van der Waals surface area contributed by atoms with E-state index in [9.17, 15) is 4.39 Å². The minimum Gasteiger partial charge on any atom is -0.301 e. The van der Waals surface area contributed by atoms with Gasteiger partial charge in [0, 0.05) is 22.7 Å². The second-order valence-electron chi connectivity index (χ2n) is 7.30. The van der Waals surface area contributed by atoms with E-state index in [-0.39, 0.29) is 11.1 Å². The van der Waals surface area contributed by atoms with Gasteiger partial charge in [0.05, 0.1) is 5.39 Å². The third kappa shape index (κ3) is 3.84. The van der Waals surface area contributed by atoms with Crippen molar-refractivity contribution in [3.8, 4) is 16.8 Å². The van der Waals surface area contributed by atoms with Gasteiger partial charge in [-0.1, -0.05) is 72.4 Å². The Labute approximate surface area is 184 Å². The van der Waals surface area contributed by atoms with E-state index < -0.39 is 0 Å². The molecule has 0 unspecified atom stereocenters. The molecule has 5 aromatic rings. The van der Waals surface area contributed by atoms with Gasteiger partial charge in [-0.15, -0.1) is 0 Å². The molecule has 0 radical (unpaired) electrons. The molecular weight excluding hydrogens is 405 g/mol. The lowest BCUT2D eigenvalue weighted by Crippen LogP contribution is -1.96. The van der Waals surface area contributed by atoms with Crippen LogP contribution in [-0.4, -0.2) is 14.5 Å². The molecule has 3 nitrogen and oxygen atoms in total. The first-order valence-electron chi connectivity index (χ1n) is 10.1. The fourth-order valence-electron chi connectivity index (χ4n) is 3.72. The van der Waals surface area contributed by atoms with Gasteiger partial charge in [0.1, 0.15) is 22.8 Å². The molecule has 0 N–H and O–H groups in total. The second kappa shape index (κ2) is 8.36. The fourth-order valence-corrected chi connectivity index (χ4v) is 4.77. The highest BCUT2D eigenvalue weighted by atomic mass is 32.2. The van der Waals surface area contributed by atoms with Gasteiger partial charge >= 0.3 is 0 Å². The van der Waals surface area contributed by atoms with Gasteiger partial charge in [0.2, 0.25) is 0 Å². The molecule has 0 saturated carbocycles. The average Bonchev–Trinajstić information content (AvgIpc) is 3.21. The maximum atomic E-state index is 13.5. The molecule has 0 bridgehead atoms. The summed E-state index contributed by atoms with van der Waals surface area (Å²) in [5.41, 5.74) is 5.07. The van der Waals surface area contributed by atoms with Crippen LogP contribution in [0.1, 0.15) is 17.7 Å². The van der Waals surface area contributed by atoms with Gasteiger partial charge in [0.15, 0.2) is 0 Å². The maximum Gasteiger partial charge on any atom is 0.149 e. The van der Waals surface area contributed by atoms with Crippen LogP contribution in [0.4, 0.5) is 4.39 Å². The second-order valence-corrected chi connectivity index (χ2v) is 8.63. The molecule has 0 saturated heterocycles. The van der Waals surface area contributed by atoms with Gasteiger partial charge < -0.3 is 4.57 Å². The van der Waals surface area contributed by atoms with Gasteiger partial charge in [-0.05, 0) is 42.3 Å². The Bertz CT molecular complexity index is 1320. The summed E-state index contributed by atoms with van der Waals surface area (Å²) >= 11 is 1.72. The lowest BCUT2D eigenvalue weighted by Gasteiger charge is -2.12. The van der Waals surface area contributed by atoms with Gasteiger partial charge in [-0.2, -0.15) is 0 Å². The molecular formula is C26H20FN3S. The highest BCUT2D eigenvalue weighted by Crippen LogP contribution is 2.41. The summed E-state index contributed by atoms with van der Waals surface area (Å²) < 4.78 is 15.5. The molecule has 2 heterocycles. The molecule has 0 fully saturated rings. The lowest BCUT2D eigenvalue weighted by molar-refractivity contribution is 0.627. The van der Waals surface area contributed by atoms with E-state index in [1.54, 1.807) is 30.2 Å². The number of fused-ring (bicyclic) bond motifs is 1. The molecule has 0 aliphatic rings. The van der Waals surface area contributed by atoms with E-state index in [0.29, 0.717) is 0 Å². The Morgan fingerprint density at radius 2 is 1.52 bits per heavy atom. The molecule has 1 atom stereocenters. The Hall–Kier alpha value is -3.44. The predicted molar refractivity (Wildman–Crippen MR) is 125 cm³/mol. The van der Waals surface area contributed by atoms with Crippen molar-refractivity contribution in [1.29, 1.82) is 0 Å². The number of halogens is 1. The number of hydrogen-bond donors (Lipinski definition) is 0. The van der Waals surface area contributed by atoms with Gasteiger partial charge in [-0.25, -0.2) is 14.4 Å². The smallest absolute Gasteiger partial charge is 0.149 e. The molecule has 0 aliphatic carbocycles. The standard InChI is InChI=1S/C26H20FN3S/c1-18(19-8-4-2-5-9-19)31-26-24-23(20-10-6-3-7-11-20)16-30(25(24)28-17-29-26)22-14-12-21(27)13-15-22/h2-18H,1H3/t18-/m1/s1. The number of benzene rings is 3. The number of nitrogens with zero attached hydrogens (tertiary/aromatic N) is 3. The summed E-state index contributed by atoms with van der Waals surface area (Å²) in [5, 5.41) is 2.17. The minimum atomic E-state index is -0.258. The SMILES string of the molecule is C[C@@H](Sc1ncnc2c1c(-c1ccccc1)cn2-c1ccc(F)cc1)c1ccccc1. The normalized spacial score (nSPS) is 12.2. The summed E-state index contributed by atoms with van der Waals surface area (Å²) in [7, 11) is 0. The summed E-state index contributed by atoms with van der Waals surface area (Å²) in [6, 6.07) is 27.1. The van der Waals surface area contributed by atoms with Crippen LogP contribution < -0.4 is 0 Å². The largest absolute Gasteiger partial charge is 0.301 e. The van der Waals surface area contributed by atoms with Crippen molar-refractivity contribution in [3.05, 3.63) is 109 Å². The van der Waals surface area contributed by atoms with Crippen LogP contribution in [0.15, 0.2) is 102 Å². The van der Waals surface area contributed by atoms with Crippen LogP contribution >= 0.6 is 11.8 Å². The highest BCUT2D eigenvalue weighted by molar-refractivity contribution is 7.99. The summed E-state index contributed by atoms with van der Waals surface area (Å²) in [6.07, 6.45) is 3.68. The molecule has 0 amide bonds. The van der Waals surface area contributed by atoms with Crippen LogP contribution in [0.3, 0.4) is 0 Å². The van der Waals surface area contributed by atoms with Crippen LogP contribution in [0, 0.1) is 5.82 Å². The highest BCUT2D eigenvalue weighted by Gasteiger charge is 2.19. The van der Waals surface area contributed by atoms with Gasteiger partial charge in [-0.3, -0.25) is 0 Å². The molecule has 0 spiro atoms. The molecule has 3 aromatic carbocycles. The molecule has 2 aromatic heterocycles. The molecule has 5 rings (SSSR count). The summed E-state index contributed by atoms with van der Waals surface area (Å²) in [5.74, 6) is -0.258. The van der Waals surface area contributed by atoms with Crippen LogP contribution in [0.5, 0.6) is 0 Å². The molecule has 31 heavy (non-hydrogen) atoms. The Balaban J connectivity index is 1.69. The maximum absolute atomic E-state index is 13.5. The van der Waals surface area contributed by atoms with Crippen molar-refractivity contribution < 1.29 is 4.39 Å². The van der Waals surface area contributed by atoms with E-state index in [1.807, 2.05) is 28.8 Å². The zero-order chi connectivity index (χ0) is 21.2. The van der Waals surface area contributed by atoms with Crippen molar-refractivity contribution in [2.45, 2.75) is 17.2 Å². The topological polar surface area (TPSA) is 30.7 Å². The number of thioether (sulfide) groups is 1. The third-order valence-corrected chi connectivity index (χ3v) is 6.45. The van der Waals surface area contributed by atoms with Crippen molar-refractivity contribution >= 4 is 22.8 Å². The Kier molecular flexibility index (Phi) is 5.26.